The van der Waals surface area contributed by atoms with Crippen LogP contribution in [0.15, 0.2) is 24.4 Å². The van der Waals surface area contributed by atoms with Crippen LogP contribution in [0.2, 0.25) is 0 Å². The van der Waals surface area contributed by atoms with E-state index in [0.717, 1.165) is 37.2 Å². The minimum absolute atomic E-state index is 0.0804. The maximum absolute atomic E-state index is 13.2. The maximum Gasteiger partial charge on any atom is 0.325 e. The van der Waals surface area contributed by atoms with E-state index in [2.05, 4.69) is 24.1 Å². The van der Waals surface area contributed by atoms with Gasteiger partial charge in [0, 0.05) is 18.8 Å². The number of amides is 3. The average molecular weight is 578 g/mol. The first kappa shape index (κ1) is 36.0. The number of allylic oxidation sites excluding steroid dienone is 1. The summed E-state index contributed by atoms with van der Waals surface area (Å²) in [5.41, 5.74) is -2.37. The van der Waals surface area contributed by atoms with E-state index in [9.17, 15) is 29.1 Å². The Morgan fingerprint density at radius 1 is 0.951 bits per heavy atom. The second-order valence-corrected chi connectivity index (χ2v) is 11.2. The van der Waals surface area contributed by atoms with E-state index < -0.39 is 53.6 Å². The van der Waals surface area contributed by atoms with Crippen molar-refractivity contribution in [3.8, 4) is 0 Å². The number of hydrogen-bond acceptors (Lipinski definition) is 7. The first-order valence-corrected chi connectivity index (χ1v) is 15.1. The molecule has 41 heavy (non-hydrogen) atoms. The molecule has 0 saturated carbocycles. The van der Waals surface area contributed by atoms with Crippen molar-refractivity contribution < 1.29 is 33.8 Å². The van der Waals surface area contributed by atoms with Crippen LogP contribution in [-0.4, -0.2) is 71.3 Å². The third-order valence-corrected chi connectivity index (χ3v) is 7.40. The molecule has 0 aromatic heterocycles. The minimum Gasteiger partial charge on any atom is -0.460 e. The monoisotopic (exact) mass is 577 g/mol. The van der Waals surface area contributed by atoms with Crippen LogP contribution in [0.1, 0.15) is 104 Å². The van der Waals surface area contributed by atoms with Crippen LogP contribution >= 0.6 is 0 Å². The summed E-state index contributed by atoms with van der Waals surface area (Å²) in [6.45, 7) is 7.51. The van der Waals surface area contributed by atoms with Gasteiger partial charge in [-0.25, -0.2) is 0 Å². The first-order chi connectivity index (χ1) is 19.4. The molecule has 232 valence electrons. The number of unbranched alkanes of at least 4 members (excludes halogenated alkanes) is 11. The Morgan fingerprint density at radius 2 is 1.49 bits per heavy atom. The fraction of sp³-hybridized carbons (Fsp3) is 0.710. The molecular weight excluding hydrogens is 526 g/mol. The van der Waals surface area contributed by atoms with Gasteiger partial charge in [0.25, 0.3) is 5.91 Å². The van der Waals surface area contributed by atoms with Gasteiger partial charge in [0.1, 0.15) is 12.6 Å². The van der Waals surface area contributed by atoms with E-state index in [0.29, 0.717) is 12.8 Å². The Hall–Kier alpha value is -3.01. The summed E-state index contributed by atoms with van der Waals surface area (Å²) >= 11 is 0. The number of cyclic esters (lactones) is 1. The fourth-order valence-electron chi connectivity index (χ4n) is 4.70. The number of rotatable bonds is 13. The molecule has 10 nitrogen and oxygen atoms in total. The minimum atomic E-state index is -2.45. The smallest absolute Gasteiger partial charge is 0.325 e. The standard InChI is InChI=1S/C31H51N3O7/c1-6-7-8-9-10-11-12-13-14-15-16-17-18-25-24(3)29(38)31(4,40)30(39)32-21-26(35)33-23(2)19-20-27(36)34(5)22-28(37)41-25/h19-20,24-25,40H,2,6-18,21-22H2,1,3-5H3,(H,32,39)(H,33,35)/b20-19+/t24-,25-,31-/m0/s1. The van der Waals surface area contributed by atoms with Gasteiger partial charge in [0.05, 0.1) is 12.5 Å². The van der Waals surface area contributed by atoms with Gasteiger partial charge in [-0.2, -0.15) is 0 Å². The Bertz CT molecular complexity index is 929. The zero-order valence-corrected chi connectivity index (χ0v) is 25.5. The summed E-state index contributed by atoms with van der Waals surface area (Å²) in [6.07, 6.45) is 15.8. The molecule has 0 radical (unpaired) electrons. The van der Waals surface area contributed by atoms with E-state index in [1.807, 2.05) is 0 Å². The Labute approximate surface area is 245 Å². The van der Waals surface area contributed by atoms with Crippen molar-refractivity contribution in [1.82, 2.24) is 15.5 Å². The number of Topliss-reactive ketones (excluding diaryl/α,β-unsaturated/α-hetero) is 1. The van der Waals surface area contributed by atoms with Crippen LogP contribution in [0.25, 0.3) is 0 Å². The third kappa shape index (κ3) is 13.9. The number of ketones is 1. The zero-order valence-electron chi connectivity index (χ0n) is 25.5. The predicted octanol–water partition coefficient (Wildman–Crippen LogP) is 3.72. The second kappa shape index (κ2) is 19.2. The average Bonchev–Trinajstić information content (AvgIpc) is 2.92. The van der Waals surface area contributed by atoms with Crippen LogP contribution in [0.4, 0.5) is 0 Å². The second-order valence-electron chi connectivity index (χ2n) is 11.2. The molecule has 0 spiro atoms. The van der Waals surface area contributed by atoms with Gasteiger partial charge in [-0.05, 0) is 25.8 Å². The molecule has 0 aromatic carbocycles. The molecule has 1 heterocycles. The van der Waals surface area contributed by atoms with Gasteiger partial charge in [0.15, 0.2) is 11.4 Å². The normalized spacial score (nSPS) is 24.5. The molecule has 0 aliphatic carbocycles. The predicted molar refractivity (Wildman–Crippen MR) is 157 cm³/mol. The summed E-state index contributed by atoms with van der Waals surface area (Å²) in [5.74, 6) is -4.75. The largest absolute Gasteiger partial charge is 0.460 e. The van der Waals surface area contributed by atoms with Crippen LogP contribution in [0, 0.1) is 5.92 Å². The van der Waals surface area contributed by atoms with E-state index >= 15 is 0 Å². The van der Waals surface area contributed by atoms with Crippen molar-refractivity contribution in [3.63, 3.8) is 0 Å². The van der Waals surface area contributed by atoms with Gasteiger partial charge >= 0.3 is 5.97 Å². The maximum atomic E-state index is 13.2. The molecule has 3 atom stereocenters. The Morgan fingerprint density at radius 3 is 2.05 bits per heavy atom. The number of carbonyl (C=O) groups excluding carboxylic acids is 5. The number of aliphatic hydroxyl groups is 1. The van der Waals surface area contributed by atoms with Crippen molar-refractivity contribution in [1.29, 1.82) is 0 Å². The van der Waals surface area contributed by atoms with Crippen LogP contribution in [-0.2, 0) is 28.7 Å². The fourth-order valence-corrected chi connectivity index (χ4v) is 4.70. The highest BCUT2D eigenvalue weighted by atomic mass is 16.5. The lowest BCUT2D eigenvalue weighted by atomic mass is 9.85. The summed E-state index contributed by atoms with van der Waals surface area (Å²) < 4.78 is 5.64. The first-order valence-electron chi connectivity index (χ1n) is 15.1. The molecule has 0 unspecified atom stereocenters. The van der Waals surface area contributed by atoms with E-state index in [4.69, 9.17) is 4.74 Å². The summed E-state index contributed by atoms with van der Waals surface area (Å²) in [5, 5.41) is 15.4. The van der Waals surface area contributed by atoms with Crippen LogP contribution in [0.3, 0.4) is 0 Å². The van der Waals surface area contributed by atoms with Crippen LogP contribution in [0.5, 0.6) is 0 Å². The zero-order chi connectivity index (χ0) is 30.8. The lowest BCUT2D eigenvalue weighted by Crippen LogP contribution is -2.55. The number of nitrogens with zero attached hydrogens (tertiary/aromatic N) is 1. The van der Waals surface area contributed by atoms with E-state index in [1.165, 1.54) is 71.4 Å². The van der Waals surface area contributed by atoms with Crippen molar-refractivity contribution in [2.45, 2.75) is 116 Å². The Kier molecular flexibility index (Phi) is 16.8. The van der Waals surface area contributed by atoms with Gasteiger partial charge in [-0.3, -0.25) is 24.0 Å². The van der Waals surface area contributed by atoms with Crippen molar-refractivity contribution in [2.75, 3.05) is 20.1 Å². The highest BCUT2D eigenvalue weighted by Gasteiger charge is 2.44. The number of ether oxygens (including phenoxy) is 1. The Balaban J connectivity index is 2.81. The number of esters is 1. The molecule has 1 rings (SSSR count). The summed E-state index contributed by atoms with van der Waals surface area (Å²) in [7, 11) is 1.42. The van der Waals surface area contributed by atoms with Gasteiger partial charge < -0.3 is 25.4 Å². The lowest BCUT2D eigenvalue weighted by molar-refractivity contribution is -0.162. The van der Waals surface area contributed by atoms with Crippen molar-refractivity contribution in [2.24, 2.45) is 5.92 Å². The molecule has 0 saturated heterocycles. The SMILES string of the molecule is C=C1/C=C/C(=O)N(C)CC(=O)O[C@@H](CCCCCCCCCCCCCC)[C@H](C)C(=O)[C@](C)(O)C(=O)NCC(=O)N1. The van der Waals surface area contributed by atoms with Gasteiger partial charge in [0.2, 0.25) is 11.8 Å². The number of nitrogens with one attached hydrogen (secondary N) is 2. The molecule has 0 bridgehead atoms. The quantitative estimate of drug-likeness (QED) is 0.172. The lowest BCUT2D eigenvalue weighted by Gasteiger charge is -2.29. The molecule has 0 fully saturated rings. The third-order valence-electron chi connectivity index (χ3n) is 7.40. The topological polar surface area (TPSA) is 142 Å². The number of hydrogen-bond donors (Lipinski definition) is 3. The molecule has 1 aliphatic heterocycles. The number of carbonyl (C=O) groups is 5. The molecule has 3 N–H and O–H groups in total. The molecule has 1 aliphatic rings. The van der Waals surface area contributed by atoms with Crippen LogP contribution < -0.4 is 10.6 Å². The summed E-state index contributed by atoms with van der Waals surface area (Å²) in [6, 6.07) is 0. The van der Waals surface area contributed by atoms with Gasteiger partial charge in [-0.15, -0.1) is 0 Å². The summed E-state index contributed by atoms with van der Waals surface area (Å²) in [4.78, 5) is 64.3. The molecule has 3 amide bonds. The molecular formula is C31H51N3O7. The van der Waals surface area contributed by atoms with E-state index in [-0.39, 0.29) is 12.2 Å². The highest BCUT2D eigenvalue weighted by Crippen LogP contribution is 2.23. The van der Waals surface area contributed by atoms with Crippen molar-refractivity contribution >= 4 is 29.5 Å². The van der Waals surface area contributed by atoms with Crippen molar-refractivity contribution in [3.05, 3.63) is 24.4 Å². The van der Waals surface area contributed by atoms with E-state index in [1.54, 1.807) is 0 Å². The van der Waals surface area contributed by atoms with Gasteiger partial charge in [-0.1, -0.05) is 91.1 Å². The molecule has 0 aromatic rings. The molecule has 10 heteroatoms. The highest BCUT2D eigenvalue weighted by molar-refractivity contribution is 6.10. The number of likely N-dealkylation sites (N-methyl/N-ethyl adjacent to an activating group) is 1.